The molecule has 1 atom stereocenters. The molecule has 0 unspecified atom stereocenters. The second-order valence-corrected chi connectivity index (χ2v) is 9.05. The molecule has 8 nitrogen and oxygen atoms in total. The van der Waals surface area contributed by atoms with E-state index in [4.69, 9.17) is 9.47 Å². The molecule has 2 aliphatic rings. The number of ether oxygens (including phenoxy) is 2. The van der Waals surface area contributed by atoms with Gasteiger partial charge in [-0.3, -0.25) is 15.0 Å². The maximum Gasteiger partial charge on any atom is 0.327 e. The molecule has 0 saturated carbocycles. The molecule has 2 aromatic carbocycles. The molecule has 1 amide bonds. The number of hydrogen-bond acceptors (Lipinski definition) is 7. The first kappa shape index (κ1) is 25.2. The minimum absolute atomic E-state index is 0.0394. The molecule has 0 aromatic heterocycles. The molecule has 35 heavy (non-hydrogen) atoms. The molecule has 4 rings (SSSR count). The van der Waals surface area contributed by atoms with Gasteiger partial charge in [0.25, 0.3) is 5.91 Å². The molecule has 2 heterocycles. The van der Waals surface area contributed by atoms with Gasteiger partial charge in [-0.05, 0) is 42.7 Å². The van der Waals surface area contributed by atoms with Crippen LogP contribution in [-0.2, 0) is 14.3 Å². The summed E-state index contributed by atoms with van der Waals surface area (Å²) >= 11 is 0. The van der Waals surface area contributed by atoms with E-state index in [0.29, 0.717) is 12.1 Å². The molecule has 2 aromatic rings. The number of morpholine rings is 1. The minimum Gasteiger partial charge on any atom is -0.468 e. The summed E-state index contributed by atoms with van der Waals surface area (Å²) in [4.78, 5) is 29.5. The highest BCUT2D eigenvalue weighted by molar-refractivity contribution is 5.94. The van der Waals surface area contributed by atoms with Gasteiger partial charge in [0.1, 0.15) is 6.04 Å². The topological polar surface area (TPSA) is 83.1 Å². The summed E-state index contributed by atoms with van der Waals surface area (Å²) < 4.78 is 10.4. The van der Waals surface area contributed by atoms with Crippen molar-refractivity contribution < 1.29 is 19.1 Å². The number of hydrogen-bond donors (Lipinski definition) is 2. The number of benzene rings is 2. The van der Waals surface area contributed by atoms with Crippen LogP contribution < -0.4 is 15.5 Å². The van der Waals surface area contributed by atoms with Crippen molar-refractivity contribution in [2.75, 3.05) is 64.5 Å². The molecule has 2 fully saturated rings. The molecule has 2 saturated heterocycles. The van der Waals surface area contributed by atoms with Gasteiger partial charge in [0.15, 0.2) is 0 Å². The Hall–Kier alpha value is -2.94. The van der Waals surface area contributed by atoms with Crippen molar-refractivity contribution in [3.05, 3.63) is 65.7 Å². The summed E-state index contributed by atoms with van der Waals surface area (Å²) in [6.45, 7) is 6.62. The molecule has 0 bridgehead atoms. The highest BCUT2D eigenvalue weighted by Crippen LogP contribution is 2.23. The third-order valence-corrected chi connectivity index (χ3v) is 6.78. The van der Waals surface area contributed by atoms with Crippen molar-refractivity contribution in [3.63, 3.8) is 0 Å². The van der Waals surface area contributed by atoms with Crippen LogP contribution in [0.5, 0.6) is 0 Å². The quantitative estimate of drug-likeness (QED) is 0.533. The van der Waals surface area contributed by atoms with E-state index >= 15 is 0 Å². The molecule has 2 aliphatic heterocycles. The van der Waals surface area contributed by atoms with Crippen molar-refractivity contribution in [1.29, 1.82) is 0 Å². The van der Waals surface area contributed by atoms with E-state index in [9.17, 15) is 9.59 Å². The molecular weight excluding hydrogens is 444 g/mol. The first-order valence-corrected chi connectivity index (χ1v) is 12.5. The van der Waals surface area contributed by atoms with Crippen LogP contribution in [0.4, 0.5) is 5.69 Å². The van der Waals surface area contributed by atoms with Crippen molar-refractivity contribution in [1.82, 2.24) is 15.5 Å². The average Bonchev–Trinajstić information content (AvgIpc) is 2.93. The fourth-order valence-corrected chi connectivity index (χ4v) is 4.68. The number of carbonyl (C=O) groups excluding carboxylic acids is 2. The van der Waals surface area contributed by atoms with Crippen molar-refractivity contribution in [3.8, 4) is 0 Å². The van der Waals surface area contributed by atoms with E-state index in [1.807, 2.05) is 54.6 Å². The smallest absolute Gasteiger partial charge is 0.327 e. The number of piperidine rings is 1. The monoisotopic (exact) mass is 480 g/mol. The van der Waals surface area contributed by atoms with E-state index in [-0.39, 0.29) is 17.9 Å². The second kappa shape index (κ2) is 12.7. The predicted molar refractivity (Wildman–Crippen MR) is 136 cm³/mol. The Balaban J connectivity index is 1.24. The number of nitrogens with zero attached hydrogens (tertiary/aromatic N) is 2. The number of methoxy groups -OCH3 is 1. The highest BCUT2D eigenvalue weighted by atomic mass is 16.5. The van der Waals surface area contributed by atoms with Gasteiger partial charge in [0, 0.05) is 56.6 Å². The Morgan fingerprint density at radius 3 is 2.34 bits per heavy atom. The van der Waals surface area contributed by atoms with Gasteiger partial charge >= 0.3 is 5.97 Å². The van der Waals surface area contributed by atoms with E-state index in [2.05, 4.69) is 20.4 Å². The van der Waals surface area contributed by atoms with Gasteiger partial charge in [-0.15, -0.1) is 0 Å². The lowest BCUT2D eigenvalue weighted by molar-refractivity contribution is -0.143. The standard InChI is InChI=1S/C27H36N4O4/c1-34-27(33)25(21-5-3-2-4-6-21)29-23-11-14-31(15-12-23)24-9-7-22(8-10-24)26(32)28-13-16-30-17-19-35-20-18-30/h2-10,23,25,29H,11-20H2,1H3,(H,28,32)/t25-/m0/s1. The Kier molecular flexibility index (Phi) is 9.11. The van der Waals surface area contributed by atoms with Gasteiger partial charge in [0.2, 0.25) is 0 Å². The molecule has 0 spiro atoms. The third kappa shape index (κ3) is 7.04. The van der Waals surface area contributed by atoms with Crippen LogP contribution in [0.3, 0.4) is 0 Å². The van der Waals surface area contributed by atoms with Crippen LogP contribution in [0, 0.1) is 0 Å². The molecule has 8 heteroatoms. The summed E-state index contributed by atoms with van der Waals surface area (Å²) in [5, 5.41) is 6.51. The van der Waals surface area contributed by atoms with E-state index in [1.165, 1.54) is 7.11 Å². The average molecular weight is 481 g/mol. The Morgan fingerprint density at radius 2 is 1.69 bits per heavy atom. The summed E-state index contributed by atoms with van der Waals surface area (Å²) in [5.74, 6) is -0.306. The van der Waals surface area contributed by atoms with Crippen LogP contribution in [0.25, 0.3) is 0 Å². The van der Waals surface area contributed by atoms with Gasteiger partial charge in [-0.1, -0.05) is 30.3 Å². The number of rotatable bonds is 9. The zero-order chi connectivity index (χ0) is 24.5. The number of amides is 1. The number of anilines is 1. The van der Waals surface area contributed by atoms with Crippen LogP contribution in [0.1, 0.15) is 34.8 Å². The molecule has 0 radical (unpaired) electrons. The van der Waals surface area contributed by atoms with Crippen LogP contribution in [0.15, 0.2) is 54.6 Å². The normalized spacial score (nSPS) is 18.1. The fraction of sp³-hybridized carbons (Fsp3) is 0.481. The van der Waals surface area contributed by atoms with Gasteiger partial charge in [-0.2, -0.15) is 0 Å². The van der Waals surface area contributed by atoms with Gasteiger partial charge in [-0.25, -0.2) is 4.79 Å². The maximum absolute atomic E-state index is 12.5. The van der Waals surface area contributed by atoms with Crippen molar-refractivity contribution in [2.45, 2.75) is 24.9 Å². The Labute approximate surface area is 207 Å². The fourth-order valence-electron chi connectivity index (χ4n) is 4.68. The minimum atomic E-state index is -0.459. The predicted octanol–water partition coefficient (Wildman–Crippen LogP) is 2.22. The van der Waals surface area contributed by atoms with Gasteiger partial charge in [0.05, 0.1) is 20.3 Å². The van der Waals surface area contributed by atoms with Crippen molar-refractivity contribution in [2.24, 2.45) is 0 Å². The first-order valence-electron chi connectivity index (χ1n) is 12.5. The summed E-state index contributed by atoms with van der Waals surface area (Å²) in [5.41, 5.74) is 2.71. The largest absolute Gasteiger partial charge is 0.468 e. The molecule has 188 valence electrons. The van der Waals surface area contributed by atoms with Crippen LogP contribution in [0.2, 0.25) is 0 Å². The van der Waals surface area contributed by atoms with E-state index < -0.39 is 6.04 Å². The van der Waals surface area contributed by atoms with Crippen molar-refractivity contribution >= 4 is 17.6 Å². The zero-order valence-electron chi connectivity index (χ0n) is 20.4. The van der Waals surface area contributed by atoms with Crippen LogP contribution >= 0.6 is 0 Å². The third-order valence-electron chi connectivity index (χ3n) is 6.78. The summed E-state index contributed by atoms with van der Waals surface area (Å²) in [6.07, 6.45) is 1.84. The summed E-state index contributed by atoms with van der Waals surface area (Å²) in [6, 6.07) is 17.3. The highest BCUT2D eigenvalue weighted by Gasteiger charge is 2.27. The number of nitrogens with one attached hydrogen (secondary N) is 2. The second-order valence-electron chi connectivity index (χ2n) is 9.05. The van der Waals surface area contributed by atoms with E-state index in [1.54, 1.807) is 0 Å². The Morgan fingerprint density at radius 1 is 1.00 bits per heavy atom. The lowest BCUT2D eigenvalue weighted by Gasteiger charge is -2.35. The molecule has 2 N–H and O–H groups in total. The first-order chi connectivity index (χ1) is 17.1. The summed E-state index contributed by atoms with van der Waals surface area (Å²) in [7, 11) is 1.43. The SMILES string of the molecule is COC(=O)[C@@H](NC1CCN(c2ccc(C(=O)NCCN3CCOCC3)cc2)CC1)c1ccccc1. The zero-order valence-corrected chi connectivity index (χ0v) is 20.4. The number of carbonyl (C=O) groups is 2. The van der Waals surface area contributed by atoms with E-state index in [0.717, 1.165) is 70.0 Å². The maximum atomic E-state index is 12.5. The lowest BCUT2D eigenvalue weighted by Crippen LogP contribution is -2.45. The van der Waals surface area contributed by atoms with Gasteiger partial charge < -0.3 is 19.7 Å². The van der Waals surface area contributed by atoms with Crippen LogP contribution in [-0.4, -0.2) is 82.4 Å². The molecular formula is C27H36N4O4. The lowest BCUT2D eigenvalue weighted by atomic mass is 10.00. The Bertz CT molecular complexity index is 939. The molecule has 0 aliphatic carbocycles. The number of esters is 1.